The first-order valence-electron chi connectivity index (χ1n) is 14.9. The molecule has 0 radical (unpaired) electrons. The Hall–Kier alpha value is -4.08. The van der Waals surface area contributed by atoms with E-state index in [1.165, 1.54) is 12.8 Å². The lowest BCUT2D eigenvalue weighted by Crippen LogP contribution is -2.41. The lowest BCUT2D eigenvalue weighted by Gasteiger charge is -2.27. The molecular formula is C33H33ClN6O3. The van der Waals surface area contributed by atoms with Crippen molar-refractivity contribution in [3.05, 3.63) is 59.1 Å². The number of phenols is 1. The molecule has 1 aliphatic heterocycles. The molecule has 10 heteroatoms. The van der Waals surface area contributed by atoms with E-state index in [2.05, 4.69) is 10.6 Å². The second-order valence-corrected chi connectivity index (χ2v) is 12.7. The number of nitrogens with zero attached hydrogens (tertiary/aromatic N) is 5. The van der Waals surface area contributed by atoms with Crippen LogP contribution in [0, 0.1) is 11.8 Å². The van der Waals surface area contributed by atoms with Gasteiger partial charge in [0.2, 0.25) is 0 Å². The predicted molar refractivity (Wildman–Crippen MR) is 166 cm³/mol. The molecule has 1 saturated heterocycles. The number of carbonyl (C=O) groups is 1. The maximum Gasteiger partial charge on any atom is 0.254 e. The van der Waals surface area contributed by atoms with Crippen molar-refractivity contribution in [2.75, 3.05) is 13.7 Å². The van der Waals surface area contributed by atoms with E-state index in [9.17, 15) is 9.90 Å². The number of hydrogen-bond donors (Lipinski definition) is 2. The van der Waals surface area contributed by atoms with Crippen LogP contribution >= 0.6 is 11.6 Å². The third-order valence-electron chi connectivity index (χ3n) is 9.65. The summed E-state index contributed by atoms with van der Waals surface area (Å²) in [4.78, 5) is 25.8. The number of hydrogen-bond acceptors (Lipinski definition) is 6. The average molecular weight is 597 g/mol. The SMILES string of the molecule is COc1cc(C(=O)N2CC3CCC2[C@@H]3N)cc2nc(-c3cc4ccc(-c5cc(O)ccc5Cl)nc4n3CC3CC3)n(C)c12. The van der Waals surface area contributed by atoms with Crippen LogP contribution in [0.3, 0.4) is 0 Å². The zero-order valence-electron chi connectivity index (χ0n) is 24.1. The number of ether oxygens (including phenoxy) is 1. The third kappa shape index (κ3) is 4.20. The highest BCUT2D eigenvalue weighted by atomic mass is 35.5. The van der Waals surface area contributed by atoms with Gasteiger partial charge >= 0.3 is 0 Å². The van der Waals surface area contributed by atoms with Crippen LogP contribution in [0.1, 0.15) is 36.0 Å². The van der Waals surface area contributed by atoms with E-state index in [1.807, 2.05) is 40.8 Å². The molecule has 2 aromatic carbocycles. The Kier molecular flexibility index (Phi) is 6.00. The van der Waals surface area contributed by atoms with E-state index in [0.717, 1.165) is 47.5 Å². The Labute approximate surface area is 253 Å². The minimum Gasteiger partial charge on any atom is -0.508 e. The summed E-state index contributed by atoms with van der Waals surface area (Å²) < 4.78 is 10.1. The fourth-order valence-corrected chi connectivity index (χ4v) is 7.40. The van der Waals surface area contributed by atoms with Crippen molar-refractivity contribution < 1.29 is 14.6 Å². The molecule has 3 fully saturated rings. The number of pyridine rings is 1. The number of piperidine rings is 1. The molecule has 3 atom stereocenters. The number of rotatable bonds is 6. The number of phenolic OH excluding ortho intramolecular Hbond substituents is 1. The van der Waals surface area contributed by atoms with E-state index in [4.69, 9.17) is 32.0 Å². The maximum atomic E-state index is 13.7. The van der Waals surface area contributed by atoms with Gasteiger partial charge in [-0.1, -0.05) is 11.6 Å². The molecule has 0 spiro atoms. The Balaban J connectivity index is 1.25. The molecule has 9 nitrogen and oxygen atoms in total. The number of fused-ring (bicyclic) bond motifs is 4. The van der Waals surface area contributed by atoms with Crippen LogP contribution < -0.4 is 10.5 Å². The summed E-state index contributed by atoms with van der Waals surface area (Å²) in [5.41, 5.74) is 11.7. The molecule has 3 aromatic heterocycles. The highest BCUT2D eigenvalue weighted by molar-refractivity contribution is 6.33. The van der Waals surface area contributed by atoms with Crippen molar-refractivity contribution in [3.63, 3.8) is 0 Å². The Morgan fingerprint density at radius 3 is 2.65 bits per heavy atom. The van der Waals surface area contributed by atoms with E-state index in [-0.39, 0.29) is 23.7 Å². The van der Waals surface area contributed by atoms with Gasteiger partial charge in [-0.2, -0.15) is 0 Å². The number of likely N-dealkylation sites (tertiary alicyclic amines) is 1. The summed E-state index contributed by atoms with van der Waals surface area (Å²) in [6.07, 6.45) is 4.42. The number of methoxy groups -OCH3 is 1. The zero-order valence-corrected chi connectivity index (χ0v) is 24.9. The smallest absolute Gasteiger partial charge is 0.254 e. The maximum absolute atomic E-state index is 13.7. The van der Waals surface area contributed by atoms with Crippen LogP contribution in [0.2, 0.25) is 5.02 Å². The van der Waals surface area contributed by atoms with Crippen molar-refractivity contribution in [2.45, 2.75) is 44.3 Å². The first-order chi connectivity index (χ1) is 20.8. The van der Waals surface area contributed by atoms with Crippen LogP contribution in [0.15, 0.2) is 48.5 Å². The van der Waals surface area contributed by atoms with Crippen LogP contribution in [0.4, 0.5) is 0 Å². The molecule has 1 amide bonds. The number of aromatic nitrogens is 4. The summed E-state index contributed by atoms with van der Waals surface area (Å²) in [6.45, 7) is 1.54. The van der Waals surface area contributed by atoms with Crippen LogP contribution in [0.5, 0.6) is 11.5 Å². The molecule has 3 aliphatic rings. The van der Waals surface area contributed by atoms with Gasteiger partial charge < -0.3 is 29.6 Å². The second kappa shape index (κ2) is 9.72. The molecule has 2 bridgehead atoms. The van der Waals surface area contributed by atoms with E-state index < -0.39 is 0 Å². The van der Waals surface area contributed by atoms with Gasteiger partial charge in [-0.25, -0.2) is 9.97 Å². The van der Waals surface area contributed by atoms with E-state index in [0.29, 0.717) is 51.5 Å². The first-order valence-corrected chi connectivity index (χ1v) is 15.3. The molecular weight excluding hydrogens is 564 g/mol. The largest absolute Gasteiger partial charge is 0.508 e. The van der Waals surface area contributed by atoms with E-state index >= 15 is 0 Å². The number of aromatic hydroxyl groups is 1. The number of benzene rings is 2. The van der Waals surface area contributed by atoms with Crippen LogP contribution in [0.25, 0.3) is 44.8 Å². The average Bonchev–Trinajstić information content (AvgIpc) is 3.41. The molecule has 3 N–H and O–H groups in total. The van der Waals surface area contributed by atoms with Crippen molar-refractivity contribution in [2.24, 2.45) is 24.6 Å². The van der Waals surface area contributed by atoms with Crippen LogP contribution in [-0.2, 0) is 13.6 Å². The number of amides is 1. The quantitative estimate of drug-likeness (QED) is 0.264. The number of aryl methyl sites for hydroxylation is 1. The number of halogens is 1. The van der Waals surface area contributed by atoms with Crippen molar-refractivity contribution in [3.8, 4) is 34.3 Å². The summed E-state index contributed by atoms with van der Waals surface area (Å²) in [5.74, 6) is 2.48. The summed E-state index contributed by atoms with van der Waals surface area (Å²) >= 11 is 6.50. The van der Waals surface area contributed by atoms with Gasteiger partial charge in [0.1, 0.15) is 22.7 Å². The standard InChI is InChI=1S/C33H33ClN6O3/c1-38-30-25(11-20(13-28(30)43-2)33(42)40-16-19-6-10-26(40)29(19)35)37-32(38)27-12-18-5-9-24(22-14-21(41)7-8-23(22)34)36-31(18)39(27)15-17-3-4-17/h5,7-9,11-14,17,19,26,29,41H,3-4,6,10,15-16,35H2,1-2H3/t19?,26?,29-/m1/s1. The van der Waals surface area contributed by atoms with Gasteiger partial charge in [-0.3, -0.25) is 4.79 Å². The van der Waals surface area contributed by atoms with Gasteiger partial charge in [0.25, 0.3) is 5.91 Å². The van der Waals surface area contributed by atoms with Gasteiger partial charge in [-0.15, -0.1) is 0 Å². The molecule has 2 unspecified atom stereocenters. The van der Waals surface area contributed by atoms with Crippen LogP contribution in [-0.4, -0.2) is 60.8 Å². The third-order valence-corrected chi connectivity index (χ3v) is 9.98. The highest BCUT2D eigenvalue weighted by Gasteiger charge is 2.47. The van der Waals surface area contributed by atoms with Crippen molar-refractivity contribution >= 4 is 39.6 Å². The highest BCUT2D eigenvalue weighted by Crippen LogP contribution is 2.41. The fraction of sp³-hybridized carbons (Fsp3) is 0.364. The van der Waals surface area contributed by atoms with Crippen molar-refractivity contribution in [1.82, 2.24) is 24.0 Å². The normalized spacial score (nSPS) is 21.4. The van der Waals surface area contributed by atoms with Gasteiger partial charge in [0, 0.05) is 48.7 Å². The lowest BCUT2D eigenvalue weighted by atomic mass is 10.1. The Morgan fingerprint density at radius 1 is 1.09 bits per heavy atom. The summed E-state index contributed by atoms with van der Waals surface area (Å²) in [7, 11) is 3.61. The lowest BCUT2D eigenvalue weighted by molar-refractivity contribution is 0.0700. The number of carbonyl (C=O) groups excluding carboxylic acids is 1. The Morgan fingerprint density at radius 2 is 1.93 bits per heavy atom. The minimum absolute atomic E-state index is 0.0137. The van der Waals surface area contributed by atoms with Gasteiger partial charge in [0.15, 0.2) is 5.82 Å². The van der Waals surface area contributed by atoms with E-state index in [1.54, 1.807) is 25.3 Å². The molecule has 2 aliphatic carbocycles. The molecule has 4 heterocycles. The van der Waals surface area contributed by atoms with Gasteiger partial charge in [-0.05, 0) is 86.1 Å². The molecule has 2 saturated carbocycles. The predicted octanol–water partition coefficient (Wildman–Crippen LogP) is 5.60. The fourth-order valence-electron chi connectivity index (χ4n) is 7.18. The number of nitrogens with two attached hydrogens (primary N) is 1. The minimum atomic E-state index is -0.0137. The summed E-state index contributed by atoms with van der Waals surface area (Å²) in [5, 5.41) is 11.6. The molecule has 43 heavy (non-hydrogen) atoms. The Bertz CT molecular complexity index is 1940. The zero-order chi connectivity index (χ0) is 29.6. The summed E-state index contributed by atoms with van der Waals surface area (Å²) in [6, 6.07) is 14.9. The first kappa shape index (κ1) is 26.5. The molecule has 8 rings (SSSR count). The monoisotopic (exact) mass is 596 g/mol. The molecule has 220 valence electrons. The van der Waals surface area contributed by atoms with Gasteiger partial charge in [0.05, 0.1) is 29.0 Å². The molecule has 5 aromatic rings. The number of imidazole rings is 1. The topological polar surface area (TPSA) is 111 Å². The second-order valence-electron chi connectivity index (χ2n) is 12.3. The van der Waals surface area contributed by atoms with Crippen molar-refractivity contribution in [1.29, 1.82) is 0 Å².